The second-order valence-corrected chi connectivity index (χ2v) is 6.74. The molecule has 0 aromatic carbocycles. The zero-order valence-corrected chi connectivity index (χ0v) is 13.8. The molecular weight excluding hydrogens is 244 g/mol. The molecule has 0 amide bonds. The Kier molecular flexibility index (Phi) is 5.71. The summed E-state index contributed by atoms with van der Waals surface area (Å²) >= 11 is 0. The van der Waals surface area contributed by atoms with Gasteiger partial charge < -0.3 is 9.88 Å². The maximum absolute atomic E-state index is 3.66. The van der Waals surface area contributed by atoms with E-state index in [2.05, 4.69) is 43.6 Å². The third-order valence-electron chi connectivity index (χ3n) is 5.08. The van der Waals surface area contributed by atoms with E-state index in [1.807, 2.05) is 0 Å². The molecule has 0 aliphatic heterocycles. The van der Waals surface area contributed by atoms with Crippen LogP contribution in [0.1, 0.15) is 62.9 Å². The van der Waals surface area contributed by atoms with Gasteiger partial charge >= 0.3 is 0 Å². The Hall–Kier alpha value is -0.760. The largest absolute Gasteiger partial charge is 0.349 e. The van der Waals surface area contributed by atoms with Crippen LogP contribution in [0.5, 0.6) is 0 Å². The molecule has 0 saturated heterocycles. The highest BCUT2D eigenvalue weighted by molar-refractivity contribution is 5.26. The van der Waals surface area contributed by atoms with Gasteiger partial charge in [0.05, 0.1) is 0 Å². The molecule has 1 aliphatic carbocycles. The Morgan fingerprint density at radius 2 is 2.10 bits per heavy atom. The monoisotopic (exact) mass is 276 g/mol. The van der Waals surface area contributed by atoms with Crippen molar-refractivity contribution in [3.63, 3.8) is 0 Å². The van der Waals surface area contributed by atoms with Crippen LogP contribution in [-0.4, -0.2) is 11.1 Å². The first-order valence-electron chi connectivity index (χ1n) is 8.48. The molecule has 2 rings (SSSR count). The van der Waals surface area contributed by atoms with E-state index in [4.69, 9.17) is 0 Å². The fraction of sp³-hybridized carbons (Fsp3) is 0.778. The molecule has 1 heterocycles. The second-order valence-electron chi connectivity index (χ2n) is 6.74. The molecule has 0 bridgehead atoms. The predicted molar refractivity (Wildman–Crippen MR) is 87.0 cm³/mol. The molecular formula is C18H32N2. The highest BCUT2D eigenvalue weighted by atomic mass is 15.0. The maximum Gasteiger partial charge on any atom is 0.0223 e. The smallest absolute Gasteiger partial charge is 0.0223 e. The average molecular weight is 276 g/mol. The van der Waals surface area contributed by atoms with Crippen LogP contribution in [0.4, 0.5) is 0 Å². The van der Waals surface area contributed by atoms with Crippen LogP contribution in [0.3, 0.4) is 0 Å². The Morgan fingerprint density at radius 1 is 1.30 bits per heavy atom. The maximum atomic E-state index is 3.66. The summed E-state index contributed by atoms with van der Waals surface area (Å²) < 4.78 is 2.40. The Balaban J connectivity index is 1.73. The van der Waals surface area contributed by atoms with Crippen molar-refractivity contribution in [3.8, 4) is 0 Å². The van der Waals surface area contributed by atoms with Crippen LogP contribution < -0.4 is 5.32 Å². The van der Waals surface area contributed by atoms with Crippen LogP contribution in [0, 0.1) is 25.7 Å². The molecule has 2 heteroatoms. The summed E-state index contributed by atoms with van der Waals surface area (Å²) in [6.45, 7) is 12.4. The van der Waals surface area contributed by atoms with E-state index in [1.165, 1.54) is 55.6 Å². The number of hydrogen-bond donors (Lipinski definition) is 1. The summed E-state index contributed by atoms with van der Waals surface area (Å²) in [5, 5.41) is 3.66. The van der Waals surface area contributed by atoms with Crippen molar-refractivity contribution in [1.82, 2.24) is 9.88 Å². The molecule has 20 heavy (non-hydrogen) atoms. The molecule has 2 unspecified atom stereocenters. The third-order valence-corrected chi connectivity index (χ3v) is 5.08. The van der Waals surface area contributed by atoms with Gasteiger partial charge in [-0.2, -0.15) is 0 Å². The molecule has 0 radical (unpaired) electrons. The van der Waals surface area contributed by atoms with E-state index in [0.29, 0.717) is 0 Å². The van der Waals surface area contributed by atoms with Crippen LogP contribution in [0.15, 0.2) is 6.07 Å². The molecule has 1 N–H and O–H groups in total. The lowest BCUT2D eigenvalue weighted by Crippen LogP contribution is -2.21. The summed E-state index contributed by atoms with van der Waals surface area (Å²) in [4.78, 5) is 0. The SMILES string of the molecule is CCn1c(C)cc(CNCCC2CCCC(C)C2)c1C. The van der Waals surface area contributed by atoms with E-state index in [9.17, 15) is 0 Å². The first-order chi connectivity index (χ1) is 9.61. The minimum absolute atomic E-state index is 0.956. The number of rotatable bonds is 6. The fourth-order valence-electron chi connectivity index (χ4n) is 3.89. The Bertz CT molecular complexity index is 419. The van der Waals surface area contributed by atoms with Gasteiger partial charge in [0, 0.05) is 24.5 Å². The van der Waals surface area contributed by atoms with Crippen molar-refractivity contribution in [2.45, 2.75) is 72.9 Å². The lowest BCUT2D eigenvalue weighted by molar-refractivity contribution is 0.267. The molecule has 1 aliphatic rings. The molecule has 0 spiro atoms. The lowest BCUT2D eigenvalue weighted by atomic mass is 9.81. The summed E-state index contributed by atoms with van der Waals surface area (Å²) in [5.74, 6) is 1.92. The fourth-order valence-corrected chi connectivity index (χ4v) is 3.89. The number of nitrogens with one attached hydrogen (secondary N) is 1. The van der Waals surface area contributed by atoms with Crippen LogP contribution >= 0.6 is 0 Å². The van der Waals surface area contributed by atoms with Gasteiger partial charge in [0.25, 0.3) is 0 Å². The summed E-state index contributed by atoms with van der Waals surface area (Å²) in [7, 11) is 0. The molecule has 2 atom stereocenters. The van der Waals surface area contributed by atoms with Crippen molar-refractivity contribution >= 4 is 0 Å². The molecule has 1 aromatic heterocycles. The molecule has 2 nitrogen and oxygen atoms in total. The van der Waals surface area contributed by atoms with Gasteiger partial charge in [-0.3, -0.25) is 0 Å². The van der Waals surface area contributed by atoms with Crippen LogP contribution in [-0.2, 0) is 13.1 Å². The van der Waals surface area contributed by atoms with Crippen LogP contribution in [0.25, 0.3) is 0 Å². The van der Waals surface area contributed by atoms with Gasteiger partial charge in [0.1, 0.15) is 0 Å². The molecule has 1 aromatic rings. The van der Waals surface area contributed by atoms with Gasteiger partial charge in [0.15, 0.2) is 0 Å². The summed E-state index contributed by atoms with van der Waals surface area (Å²) in [6, 6.07) is 2.34. The minimum Gasteiger partial charge on any atom is -0.349 e. The van der Waals surface area contributed by atoms with Crippen molar-refractivity contribution in [1.29, 1.82) is 0 Å². The molecule has 1 fully saturated rings. The lowest BCUT2D eigenvalue weighted by Gasteiger charge is -2.26. The molecule has 1 saturated carbocycles. The Labute approximate surface area is 125 Å². The summed E-state index contributed by atoms with van der Waals surface area (Å²) in [6.07, 6.45) is 7.16. The Morgan fingerprint density at radius 3 is 2.75 bits per heavy atom. The normalized spacial score (nSPS) is 23.2. The van der Waals surface area contributed by atoms with E-state index < -0.39 is 0 Å². The zero-order chi connectivity index (χ0) is 14.5. The average Bonchev–Trinajstić information content (AvgIpc) is 2.69. The minimum atomic E-state index is 0.956. The highest BCUT2D eigenvalue weighted by Crippen LogP contribution is 2.30. The van der Waals surface area contributed by atoms with E-state index in [0.717, 1.165) is 24.9 Å². The topological polar surface area (TPSA) is 17.0 Å². The number of aromatic nitrogens is 1. The van der Waals surface area contributed by atoms with Gasteiger partial charge in [0.2, 0.25) is 0 Å². The standard InChI is InChI=1S/C18H32N2/c1-5-20-15(3)12-18(16(20)4)13-19-10-9-17-8-6-7-14(2)11-17/h12,14,17,19H,5-11,13H2,1-4H3. The van der Waals surface area contributed by atoms with E-state index in [1.54, 1.807) is 0 Å². The highest BCUT2D eigenvalue weighted by Gasteiger charge is 2.18. The summed E-state index contributed by atoms with van der Waals surface area (Å²) in [5.41, 5.74) is 4.30. The van der Waals surface area contributed by atoms with Gasteiger partial charge in [-0.25, -0.2) is 0 Å². The zero-order valence-electron chi connectivity index (χ0n) is 13.8. The van der Waals surface area contributed by atoms with E-state index in [-0.39, 0.29) is 0 Å². The van der Waals surface area contributed by atoms with Gasteiger partial charge in [-0.1, -0.05) is 26.2 Å². The van der Waals surface area contributed by atoms with Crippen molar-refractivity contribution in [2.75, 3.05) is 6.54 Å². The first kappa shape index (κ1) is 15.6. The number of aryl methyl sites for hydroxylation is 1. The van der Waals surface area contributed by atoms with E-state index >= 15 is 0 Å². The number of nitrogens with zero attached hydrogens (tertiary/aromatic N) is 1. The quantitative estimate of drug-likeness (QED) is 0.761. The third kappa shape index (κ3) is 3.88. The predicted octanol–water partition coefficient (Wildman–Crippen LogP) is 4.43. The van der Waals surface area contributed by atoms with Gasteiger partial charge in [-0.15, -0.1) is 0 Å². The van der Waals surface area contributed by atoms with Crippen molar-refractivity contribution in [2.24, 2.45) is 11.8 Å². The first-order valence-corrected chi connectivity index (χ1v) is 8.48. The molecule has 114 valence electrons. The number of hydrogen-bond acceptors (Lipinski definition) is 1. The van der Waals surface area contributed by atoms with Crippen molar-refractivity contribution in [3.05, 3.63) is 23.0 Å². The second kappa shape index (κ2) is 7.31. The van der Waals surface area contributed by atoms with Crippen LogP contribution in [0.2, 0.25) is 0 Å². The van der Waals surface area contributed by atoms with Gasteiger partial charge in [-0.05, 0) is 63.6 Å². The van der Waals surface area contributed by atoms with Crippen molar-refractivity contribution < 1.29 is 0 Å².